The van der Waals surface area contributed by atoms with Crippen molar-refractivity contribution in [3.05, 3.63) is 23.5 Å². The van der Waals surface area contributed by atoms with Crippen LogP contribution < -0.4 is 4.74 Å². The molecule has 0 aliphatic heterocycles. The zero-order chi connectivity index (χ0) is 12.8. The topological polar surface area (TPSA) is 46.5 Å². The molecule has 0 bridgehead atoms. The van der Waals surface area contributed by atoms with Gasteiger partial charge in [0.25, 0.3) is 0 Å². The molecule has 94 valence electrons. The van der Waals surface area contributed by atoms with Crippen molar-refractivity contribution in [3.8, 4) is 5.75 Å². The van der Waals surface area contributed by atoms with E-state index >= 15 is 0 Å². The Morgan fingerprint density at radius 3 is 2.76 bits per heavy atom. The van der Waals surface area contributed by atoms with Crippen molar-refractivity contribution in [2.75, 3.05) is 13.4 Å². The maximum atomic E-state index is 14.0. The van der Waals surface area contributed by atoms with Gasteiger partial charge in [-0.3, -0.25) is 4.79 Å². The number of carboxylic acids is 1. The highest BCUT2D eigenvalue weighted by Gasteiger charge is 2.13. The average molecular weight is 258 g/mol. The molecule has 1 rings (SSSR count). The van der Waals surface area contributed by atoms with Gasteiger partial charge in [-0.2, -0.15) is 0 Å². The summed E-state index contributed by atoms with van der Waals surface area (Å²) in [5.41, 5.74) is 0.538. The molecule has 0 spiro atoms. The predicted octanol–water partition coefficient (Wildman–Crippen LogP) is 2.96. The zero-order valence-corrected chi connectivity index (χ0v) is 10.6. The van der Waals surface area contributed by atoms with E-state index in [0.29, 0.717) is 29.1 Å². The minimum atomic E-state index is -0.857. The highest BCUT2D eigenvalue weighted by Crippen LogP contribution is 2.32. The van der Waals surface area contributed by atoms with Gasteiger partial charge in [-0.25, -0.2) is 4.39 Å². The fourth-order valence-electron chi connectivity index (χ4n) is 1.55. The first-order valence-corrected chi connectivity index (χ1v) is 6.43. The van der Waals surface area contributed by atoms with Crippen LogP contribution in [0.4, 0.5) is 4.39 Å². The van der Waals surface area contributed by atoms with E-state index in [2.05, 4.69) is 0 Å². The molecule has 1 aromatic rings. The molecule has 0 heterocycles. The van der Waals surface area contributed by atoms with Crippen LogP contribution in [0.1, 0.15) is 18.4 Å². The average Bonchev–Trinajstić information content (AvgIpc) is 2.30. The number of carbonyl (C=O) groups is 1. The van der Waals surface area contributed by atoms with Crippen LogP contribution in [0, 0.1) is 5.82 Å². The number of methoxy groups -OCH3 is 1. The Morgan fingerprint density at radius 1 is 1.53 bits per heavy atom. The lowest BCUT2D eigenvalue weighted by molar-refractivity contribution is -0.137. The minimum absolute atomic E-state index is 0.0556. The van der Waals surface area contributed by atoms with Gasteiger partial charge in [-0.15, -0.1) is 11.8 Å². The van der Waals surface area contributed by atoms with Crippen LogP contribution in [0.2, 0.25) is 0 Å². The zero-order valence-electron chi connectivity index (χ0n) is 9.83. The summed E-state index contributed by atoms with van der Waals surface area (Å²) < 4.78 is 19.1. The molecule has 0 unspecified atom stereocenters. The number of aryl methyl sites for hydroxylation is 1. The van der Waals surface area contributed by atoms with E-state index in [1.807, 2.05) is 0 Å². The molecule has 0 aliphatic carbocycles. The van der Waals surface area contributed by atoms with E-state index in [0.717, 1.165) is 0 Å². The lowest BCUT2D eigenvalue weighted by Gasteiger charge is -2.10. The van der Waals surface area contributed by atoms with Crippen molar-refractivity contribution < 1.29 is 19.0 Å². The highest BCUT2D eigenvalue weighted by atomic mass is 32.2. The van der Waals surface area contributed by atoms with E-state index in [4.69, 9.17) is 9.84 Å². The van der Waals surface area contributed by atoms with Gasteiger partial charge >= 0.3 is 5.97 Å². The number of aliphatic carboxylic acids is 1. The third kappa shape index (κ3) is 3.63. The van der Waals surface area contributed by atoms with E-state index in [9.17, 15) is 9.18 Å². The van der Waals surface area contributed by atoms with E-state index in [-0.39, 0.29) is 12.2 Å². The minimum Gasteiger partial charge on any atom is -0.495 e. The lowest BCUT2D eigenvalue weighted by Crippen LogP contribution is -1.99. The number of thioether (sulfide) groups is 1. The second kappa shape index (κ2) is 6.49. The van der Waals surface area contributed by atoms with E-state index in [1.54, 1.807) is 18.4 Å². The standard InChI is InChI=1S/C12H15FO3S/c1-16-9-7-6-8(4-3-5-10(14)15)11(13)12(9)17-2/h6-7H,3-5H2,1-2H3,(H,14,15). The number of rotatable bonds is 6. The Morgan fingerprint density at radius 2 is 2.24 bits per heavy atom. The Hall–Kier alpha value is -1.23. The summed E-state index contributed by atoms with van der Waals surface area (Å²) in [5.74, 6) is -0.650. The summed E-state index contributed by atoms with van der Waals surface area (Å²) >= 11 is 1.28. The van der Waals surface area contributed by atoms with Gasteiger partial charge < -0.3 is 9.84 Å². The highest BCUT2D eigenvalue weighted by molar-refractivity contribution is 7.98. The van der Waals surface area contributed by atoms with Gasteiger partial charge in [0.2, 0.25) is 0 Å². The molecular formula is C12H15FO3S. The Balaban J connectivity index is 2.83. The fraction of sp³-hybridized carbons (Fsp3) is 0.417. The van der Waals surface area contributed by atoms with E-state index < -0.39 is 5.97 Å². The number of hydrogen-bond donors (Lipinski definition) is 1. The van der Waals surface area contributed by atoms with Gasteiger partial charge in [0, 0.05) is 6.42 Å². The van der Waals surface area contributed by atoms with Crippen LogP contribution >= 0.6 is 11.8 Å². The first-order chi connectivity index (χ1) is 8.10. The number of halogens is 1. The summed E-state index contributed by atoms with van der Waals surface area (Å²) in [7, 11) is 1.50. The Bertz CT molecular complexity index is 407. The van der Waals surface area contributed by atoms with Crippen molar-refractivity contribution in [1.82, 2.24) is 0 Å². The normalized spacial score (nSPS) is 10.3. The Kier molecular flexibility index (Phi) is 5.28. The number of benzene rings is 1. The molecular weight excluding hydrogens is 243 g/mol. The van der Waals surface area contributed by atoms with Gasteiger partial charge in [-0.05, 0) is 30.7 Å². The lowest BCUT2D eigenvalue weighted by atomic mass is 10.1. The van der Waals surface area contributed by atoms with Crippen molar-refractivity contribution in [1.29, 1.82) is 0 Å². The summed E-state index contributed by atoms with van der Waals surface area (Å²) in [4.78, 5) is 10.9. The second-order valence-corrected chi connectivity index (χ2v) is 4.34. The molecule has 0 atom stereocenters. The molecule has 0 fully saturated rings. The molecule has 0 amide bonds. The van der Waals surface area contributed by atoms with Crippen molar-refractivity contribution in [2.24, 2.45) is 0 Å². The number of carboxylic acid groups (broad SMARTS) is 1. The van der Waals surface area contributed by atoms with Crippen LogP contribution in [0.25, 0.3) is 0 Å². The SMILES string of the molecule is COc1ccc(CCCC(=O)O)c(F)c1SC. The largest absolute Gasteiger partial charge is 0.495 e. The van der Waals surface area contributed by atoms with Crippen molar-refractivity contribution in [2.45, 2.75) is 24.2 Å². The molecule has 0 saturated heterocycles. The fourth-order valence-corrected chi connectivity index (χ4v) is 2.22. The quantitative estimate of drug-likeness (QED) is 0.797. The second-order valence-electron chi connectivity index (χ2n) is 3.52. The molecule has 0 aromatic heterocycles. The van der Waals surface area contributed by atoms with Crippen molar-refractivity contribution in [3.63, 3.8) is 0 Å². The summed E-state index contributed by atoms with van der Waals surface area (Å²) in [6.45, 7) is 0. The van der Waals surface area contributed by atoms with Crippen LogP contribution in [0.5, 0.6) is 5.75 Å². The molecule has 17 heavy (non-hydrogen) atoms. The van der Waals surface area contributed by atoms with Gasteiger partial charge in [-0.1, -0.05) is 6.07 Å². The summed E-state index contributed by atoms with van der Waals surface area (Å²) in [6.07, 6.45) is 2.70. The van der Waals surface area contributed by atoms with E-state index in [1.165, 1.54) is 18.9 Å². The third-order valence-electron chi connectivity index (χ3n) is 2.40. The third-order valence-corrected chi connectivity index (χ3v) is 3.19. The van der Waals surface area contributed by atoms with Crippen LogP contribution in [-0.4, -0.2) is 24.4 Å². The smallest absolute Gasteiger partial charge is 0.303 e. The predicted molar refractivity (Wildman–Crippen MR) is 65.3 cm³/mol. The molecule has 3 nitrogen and oxygen atoms in total. The van der Waals surface area contributed by atoms with Crippen LogP contribution in [-0.2, 0) is 11.2 Å². The maximum Gasteiger partial charge on any atom is 0.303 e. The molecule has 0 radical (unpaired) electrons. The molecule has 0 aliphatic rings. The maximum absolute atomic E-state index is 14.0. The van der Waals surface area contributed by atoms with Crippen molar-refractivity contribution >= 4 is 17.7 Å². The monoisotopic (exact) mass is 258 g/mol. The first kappa shape index (κ1) is 13.8. The van der Waals surface area contributed by atoms with Gasteiger partial charge in [0.15, 0.2) is 0 Å². The van der Waals surface area contributed by atoms with Crippen LogP contribution in [0.15, 0.2) is 17.0 Å². The molecule has 5 heteroatoms. The summed E-state index contributed by atoms with van der Waals surface area (Å²) in [6, 6.07) is 3.36. The Labute approximate surface area is 104 Å². The number of hydrogen-bond acceptors (Lipinski definition) is 3. The summed E-state index contributed by atoms with van der Waals surface area (Å²) in [5, 5.41) is 8.53. The van der Waals surface area contributed by atoms with Gasteiger partial charge in [0.1, 0.15) is 11.6 Å². The molecule has 1 aromatic carbocycles. The number of ether oxygens (including phenoxy) is 1. The van der Waals surface area contributed by atoms with Gasteiger partial charge in [0.05, 0.1) is 12.0 Å². The molecule has 1 N–H and O–H groups in total. The first-order valence-electron chi connectivity index (χ1n) is 5.21. The molecule has 0 saturated carbocycles. The van der Waals surface area contributed by atoms with Crippen LogP contribution in [0.3, 0.4) is 0 Å².